The molecule has 1 aliphatic heterocycles. The second-order valence-corrected chi connectivity index (χ2v) is 7.64. The van der Waals surface area contributed by atoms with Crippen LogP contribution in [0.25, 0.3) is 0 Å². The number of benzene rings is 1. The van der Waals surface area contributed by atoms with Gasteiger partial charge in [-0.2, -0.15) is 0 Å². The van der Waals surface area contributed by atoms with Gasteiger partial charge in [0, 0.05) is 37.2 Å². The normalized spacial score (nSPS) is 16.7. The number of rotatable bonds is 6. The van der Waals surface area contributed by atoms with E-state index in [4.69, 9.17) is 0 Å². The Kier molecular flexibility index (Phi) is 5.87. The van der Waals surface area contributed by atoms with Gasteiger partial charge in [-0.25, -0.2) is 4.98 Å². The molecular formula is C19H28N4S. The first-order chi connectivity index (χ1) is 11.6. The van der Waals surface area contributed by atoms with Crippen molar-refractivity contribution in [1.29, 1.82) is 0 Å². The number of thiazole rings is 1. The van der Waals surface area contributed by atoms with E-state index in [2.05, 4.69) is 70.5 Å². The molecular weight excluding hydrogens is 316 g/mol. The molecule has 1 aromatic carbocycles. The molecule has 0 radical (unpaired) electrons. The number of hydrogen-bond acceptors (Lipinski definition) is 5. The number of anilines is 1. The topological polar surface area (TPSA) is 22.6 Å². The molecule has 0 aliphatic carbocycles. The van der Waals surface area contributed by atoms with E-state index in [-0.39, 0.29) is 0 Å². The van der Waals surface area contributed by atoms with Crippen LogP contribution in [0.15, 0.2) is 35.2 Å². The Labute approximate surface area is 149 Å². The summed E-state index contributed by atoms with van der Waals surface area (Å²) in [5.74, 6) is 0. The van der Waals surface area contributed by atoms with Crippen LogP contribution in [0.4, 0.5) is 5.69 Å². The van der Waals surface area contributed by atoms with Crippen molar-refractivity contribution < 1.29 is 0 Å². The molecule has 1 fully saturated rings. The molecule has 3 rings (SSSR count). The monoisotopic (exact) mass is 344 g/mol. The van der Waals surface area contributed by atoms with Gasteiger partial charge in [-0.15, -0.1) is 11.3 Å². The molecule has 2 aromatic rings. The molecule has 24 heavy (non-hydrogen) atoms. The third-order valence-corrected chi connectivity index (χ3v) is 5.60. The highest BCUT2D eigenvalue weighted by molar-refractivity contribution is 7.07. The lowest BCUT2D eigenvalue weighted by molar-refractivity contribution is 0.252. The Morgan fingerprint density at radius 2 is 1.92 bits per heavy atom. The van der Waals surface area contributed by atoms with Crippen LogP contribution in [0.1, 0.15) is 24.1 Å². The molecule has 4 nitrogen and oxygen atoms in total. The van der Waals surface area contributed by atoms with Crippen molar-refractivity contribution in [3.8, 4) is 0 Å². The second-order valence-electron chi connectivity index (χ2n) is 6.93. The van der Waals surface area contributed by atoms with Crippen LogP contribution < -0.4 is 4.90 Å². The summed E-state index contributed by atoms with van der Waals surface area (Å²) in [4.78, 5) is 11.7. The van der Waals surface area contributed by atoms with E-state index in [1.54, 1.807) is 11.3 Å². The highest BCUT2D eigenvalue weighted by Crippen LogP contribution is 2.26. The van der Waals surface area contributed by atoms with E-state index in [0.29, 0.717) is 6.04 Å². The van der Waals surface area contributed by atoms with Gasteiger partial charge in [-0.1, -0.05) is 18.2 Å². The maximum Gasteiger partial charge on any atom is 0.0795 e. The molecule has 0 amide bonds. The molecule has 1 aliphatic rings. The smallest absolute Gasteiger partial charge is 0.0795 e. The fourth-order valence-corrected chi connectivity index (χ4v) is 4.06. The van der Waals surface area contributed by atoms with Gasteiger partial charge in [0.2, 0.25) is 0 Å². The molecule has 1 saturated heterocycles. The molecule has 2 heterocycles. The predicted octanol–water partition coefficient (Wildman–Crippen LogP) is 3.31. The van der Waals surface area contributed by atoms with Crippen LogP contribution in [0, 0.1) is 0 Å². The fourth-order valence-electron chi connectivity index (χ4n) is 3.51. The standard InChI is InChI=1S/C19H28N4S/c1-21-10-8-18(9-11-21)23(3)19-7-5-4-6-16(19)12-22(2)13-17-14-24-15-20-17/h4-7,14-15,18H,8-13H2,1-3H3. The molecule has 0 unspecified atom stereocenters. The number of para-hydroxylation sites is 1. The molecule has 0 N–H and O–H groups in total. The van der Waals surface area contributed by atoms with Crippen molar-refractivity contribution in [3.63, 3.8) is 0 Å². The third kappa shape index (κ3) is 4.35. The minimum absolute atomic E-state index is 0.645. The zero-order chi connectivity index (χ0) is 16.9. The lowest BCUT2D eigenvalue weighted by Gasteiger charge is -2.37. The first-order valence-corrected chi connectivity index (χ1v) is 9.62. The third-order valence-electron chi connectivity index (χ3n) is 4.96. The van der Waals surface area contributed by atoms with Gasteiger partial charge in [0.25, 0.3) is 0 Å². The quantitative estimate of drug-likeness (QED) is 0.802. The van der Waals surface area contributed by atoms with E-state index in [0.717, 1.165) is 18.8 Å². The van der Waals surface area contributed by atoms with E-state index in [9.17, 15) is 0 Å². The average Bonchev–Trinajstić information content (AvgIpc) is 3.08. The van der Waals surface area contributed by atoms with Crippen molar-refractivity contribution in [2.45, 2.75) is 32.0 Å². The summed E-state index contributed by atoms with van der Waals surface area (Å²) in [5, 5.41) is 2.13. The van der Waals surface area contributed by atoms with Crippen molar-refractivity contribution in [3.05, 3.63) is 46.4 Å². The highest BCUT2D eigenvalue weighted by Gasteiger charge is 2.22. The van der Waals surface area contributed by atoms with Crippen LogP contribution >= 0.6 is 11.3 Å². The number of likely N-dealkylation sites (tertiary alicyclic amines) is 1. The Hall–Kier alpha value is -1.43. The van der Waals surface area contributed by atoms with Crippen molar-refractivity contribution >= 4 is 17.0 Å². The fraction of sp³-hybridized carbons (Fsp3) is 0.526. The van der Waals surface area contributed by atoms with Crippen LogP contribution in [-0.2, 0) is 13.1 Å². The number of aromatic nitrogens is 1. The summed E-state index contributed by atoms with van der Waals surface area (Å²) in [6.45, 7) is 4.24. The molecule has 0 spiro atoms. The van der Waals surface area contributed by atoms with Crippen LogP contribution in [0.2, 0.25) is 0 Å². The van der Waals surface area contributed by atoms with E-state index >= 15 is 0 Å². The van der Waals surface area contributed by atoms with Crippen molar-refractivity contribution in [1.82, 2.24) is 14.8 Å². The van der Waals surface area contributed by atoms with Gasteiger partial charge < -0.3 is 9.80 Å². The minimum Gasteiger partial charge on any atom is -0.371 e. The van der Waals surface area contributed by atoms with Crippen molar-refractivity contribution in [2.24, 2.45) is 0 Å². The summed E-state index contributed by atoms with van der Waals surface area (Å²) in [5.41, 5.74) is 5.84. The van der Waals surface area contributed by atoms with Crippen LogP contribution in [-0.4, -0.2) is 55.1 Å². The molecule has 0 saturated carbocycles. The molecule has 5 heteroatoms. The average molecular weight is 345 g/mol. The summed E-state index contributed by atoms with van der Waals surface area (Å²) in [7, 11) is 6.65. The van der Waals surface area contributed by atoms with Crippen LogP contribution in [0.3, 0.4) is 0 Å². The van der Waals surface area contributed by atoms with Gasteiger partial charge in [0.1, 0.15) is 0 Å². The van der Waals surface area contributed by atoms with Gasteiger partial charge in [-0.05, 0) is 51.7 Å². The van der Waals surface area contributed by atoms with Gasteiger partial charge in [-0.3, -0.25) is 4.90 Å². The predicted molar refractivity (Wildman–Crippen MR) is 103 cm³/mol. The number of hydrogen-bond donors (Lipinski definition) is 0. The molecule has 130 valence electrons. The molecule has 1 aromatic heterocycles. The first kappa shape index (κ1) is 17.4. The summed E-state index contributed by atoms with van der Waals surface area (Å²) < 4.78 is 0. The second kappa shape index (κ2) is 8.10. The summed E-state index contributed by atoms with van der Waals surface area (Å²) >= 11 is 1.66. The Morgan fingerprint density at radius 1 is 1.17 bits per heavy atom. The van der Waals surface area contributed by atoms with Crippen LogP contribution in [0.5, 0.6) is 0 Å². The lowest BCUT2D eigenvalue weighted by atomic mass is 10.0. The summed E-state index contributed by atoms with van der Waals surface area (Å²) in [6, 6.07) is 9.48. The van der Waals surface area contributed by atoms with Crippen molar-refractivity contribution in [2.75, 3.05) is 39.1 Å². The van der Waals surface area contributed by atoms with Gasteiger partial charge in [0.05, 0.1) is 11.2 Å². The highest BCUT2D eigenvalue weighted by atomic mass is 32.1. The van der Waals surface area contributed by atoms with E-state index < -0.39 is 0 Å². The molecule has 0 atom stereocenters. The largest absolute Gasteiger partial charge is 0.371 e. The number of nitrogens with zero attached hydrogens (tertiary/aromatic N) is 4. The zero-order valence-corrected chi connectivity index (χ0v) is 15.8. The maximum atomic E-state index is 4.40. The summed E-state index contributed by atoms with van der Waals surface area (Å²) in [6.07, 6.45) is 2.49. The minimum atomic E-state index is 0.645. The van der Waals surface area contributed by atoms with Gasteiger partial charge in [0.15, 0.2) is 0 Å². The Morgan fingerprint density at radius 3 is 2.62 bits per heavy atom. The van der Waals surface area contributed by atoms with Gasteiger partial charge >= 0.3 is 0 Å². The SMILES string of the molecule is CN1CCC(N(C)c2ccccc2CN(C)Cc2cscn2)CC1. The number of piperidine rings is 1. The Balaban J connectivity index is 1.68. The first-order valence-electron chi connectivity index (χ1n) is 8.68. The van der Waals surface area contributed by atoms with E-state index in [1.807, 2.05) is 5.51 Å². The Bertz CT molecular complexity index is 620. The lowest BCUT2D eigenvalue weighted by Crippen LogP contribution is -2.42. The molecule has 0 bridgehead atoms. The zero-order valence-electron chi connectivity index (χ0n) is 15.0. The maximum absolute atomic E-state index is 4.40. The van der Waals surface area contributed by atoms with E-state index in [1.165, 1.54) is 37.2 Å².